The molecule has 0 spiro atoms. The van der Waals surface area contributed by atoms with Gasteiger partial charge in [-0.05, 0) is 47.5 Å². The molecule has 0 unspecified atom stereocenters. The van der Waals surface area contributed by atoms with E-state index in [0.717, 1.165) is 35.8 Å². The number of nitrogens with zero attached hydrogens (tertiary/aromatic N) is 4. The summed E-state index contributed by atoms with van der Waals surface area (Å²) in [4.78, 5) is 11.7. The van der Waals surface area contributed by atoms with Crippen molar-refractivity contribution in [2.45, 2.75) is 44.6 Å². The summed E-state index contributed by atoms with van der Waals surface area (Å²) in [6.45, 7) is 1.55. The van der Waals surface area contributed by atoms with Crippen molar-refractivity contribution >= 4 is 21.8 Å². The minimum atomic E-state index is -0.472. The van der Waals surface area contributed by atoms with Crippen molar-refractivity contribution < 1.29 is 4.79 Å². The van der Waals surface area contributed by atoms with Crippen molar-refractivity contribution in [1.82, 2.24) is 25.5 Å². The highest BCUT2D eigenvalue weighted by atomic mass is 79.9. The van der Waals surface area contributed by atoms with Gasteiger partial charge in [-0.15, -0.1) is 5.10 Å². The Morgan fingerprint density at radius 1 is 1.23 bits per heavy atom. The molecule has 1 aliphatic rings. The molecule has 116 valence electrons. The number of amides is 1. The molecule has 1 fully saturated rings. The molecule has 0 aliphatic heterocycles. The van der Waals surface area contributed by atoms with Crippen LogP contribution in [0.3, 0.4) is 0 Å². The van der Waals surface area contributed by atoms with Gasteiger partial charge in [0.2, 0.25) is 5.91 Å². The predicted octanol–water partition coefficient (Wildman–Crippen LogP) is 2.72. The van der Waals surface area contributed by atoms with Crippen LogP contribution in [0, 0.1) is 0 Å². The second-order valence-corrected chi connectivity index (χ2v) is 6.63. The number of tetrazole rings is 1. The lowest BCUT2D eigenvalue weighted by Gasteiger charge is -2.36. The Morgan fingerprint density at radius 3 is 2.55 bits per heavy atom. The molecule has 0 radical (unpaired) electrons. The molecule has 3 rings (SSSR count). The summed E-state index contributed by atoms with van der Waals surface area (Å²) in [5.74, 6) is 0.664. The molecule has 6 nitrogen and oxygen atoms in total. The van der Waals surface area contributed by atoms with Gasteiger partial charge >= 0.3 is 0 Å². The number of hydrogen-bond donors (Lipinski definition) is 1. The van der Waals surface area contributed by atoms with Crippen LogP contribution in [0.5, 0.6) is 0 Å². The lowest BCUT2D eigenvalue weighted by molar-refractivity contribution is -0.121. The van der Waals surface area contributed by atoms with Gasteiger partial charge in [-0.2, -0.15) is 4.68 Å². The smallest absolute Gasteiger partial charge is 0.217 e. The molecule has 1 aromatic heterocycles. The van der Waals surface area contributed by atoms with Crippen LogP contribution in [0.4, 0.5) is 0 Å². The normalized spacial score (nSPS) is 17.2. The van der Waals surface area contributed by atoms with Crippen LogP contribution < -0.4 is 5.32 Å². The summed E-state index contributed by atoms with van der Waals surface area (Å²) in [6.07, 6.45) is 5.04. The summed E-state index contributed by atoms with van der Waals surface area (Å²) < 4.78 is 2.73. The predicted molar refractivity (Wildman–Crippen MR) is 85.4 cm³/mol. The molecule has 0 bridgehead atoms. The third-order valence-electron chi connectivity index (χ3n) is 4.09. The Bertz CT molecular complexity index is 661. The third-order valence-corrected chi connectivity index (χ3v) is 4.62. The van der Waals surface area contributed by atoms with Gasteiger partial charge in [0.25, 0.3) is 0 Å². The topological polar surface area (TPSA) is 72.7 Å². The van der Waals surface area contributed by atoms with Crippen molar-refractivity contribution in [2.75, 3.05) is 0 Å². The van der Waals surface area contributed by atoms with E-state index in [1.165, 1.54) is 6.42 Å². The Balaban J connectivity index is 2.04. The highest BCUT2D eigenvalue weighted by molar-refractivity contribution is 9.10. The molecule has 1 N–H and O–H groups in total. The first kappa shape index (κ1) is 15.1. The van der Waals surface area contributed by atoms with E-state index in [9.17, 15) is 4.79 Å². The molecular formula is C15H18BrN5O. The second kappa shape index (κ2) is 6.16. The van der Waals surface area contributed by atoms with Gasteiger partial charge < -0.3 is 5.32 Å². The van der Waals surface area contributed by atoms with Gasteiger partial charge in [0.1, 0.15) is 5.54 Å². The summed E-state index contributed by atoms with van der Waals surface area (Å²) in [7, 11) is 0. The Morgan fingerprint density at radius 2 is 1.91 bits per heavy atom. The molecule has 1 amide bonds. The lowest BCUT2D eigenvalue weighted by Crippen LogP contribution is -2.48. The first-order valence-electron chi connectivity index (χ1n) is 7.44. The zero-order valence-corrected chi connectivity index (χ0v) is 14.0. The first-order valence-corrected chi connectivity index (χ1v) is 8.24. The van der Waals surface area contributed by atoms with Gasteiger partial charge in [0.15, 0.2) is 5.82 Å². The van der Waals surface area contributed by atoms with Crippen LogP contribution in [-0.2, 0) is 10.3 Å². The summed E-state index contributed by atoms with van der Waals surface area (Å²) in [6, 6.07) is 7.81. The van der Waals surface area contributed by atoms with Crippen molar-refractivity contribution in [3.63, 3.8) is 0 Å². The van der Waals surface area contributed by atoms with Crippen molar-refractivity contribution in [1.29, 1.82) is 0 Å². The largest absolute Gasteiger partial charge is 0.344 e. The number of carbonyl (C=O) groups is 1. The van der Waals surface area contributed by atoms with E-state index in [0.29, 0.717) is 5.82 Å². The monoisotopic (exact) mass is 363 g/mol. The van der Waals surface area contributed by atoms with Crippen molar-refractivity contribution in [3.8, 4) is 5.69 Å². The first-order chi connectivity index (χ1) is 10.6. The average Bonchev–Trinajstić information content (AvgIpc) is 2.98. The SMILES string of the molecule is CC(=O)NC1(c2nnnn2-c2ccc(Br)cc2)CCCCC1. The van der Waals surface area contributed by atoms with Gasteiger partial charge in [0.05, 0.1) is 5.69 Å². The highest BCUT2D eigenvalue weighted by Crippen LogP contribution is 2.36. The maximum absolute atomic E-state index is 11.7. The quantitative estimate of drug-likeness (QED) is 0.909. The lowest BCUT2D eigenvalue weighted by atomic mass is 9.80. The Hall–Kier alpha value is -1.76. The average molecular weight is 364 g/mol. The minimum absolute atomic E-state index is 0.0488. The fourth-order valence-electron chi connectivity index (χ4n) is 3.14. The van der Waals surface area contributed by atoms with Crippen molar-refractivity contribution in [2.24, 2.45) is 0 Å². The Labute approximate surface area is 137 Å². The molecule has 1 heterocycles. The van der Waals surface area contributed by atoms with E-state index in [2.05, 4.69) is 36.8 Å². The molecule has 22 heavy (non-hydrogen) atoms. The van der Waals surface area contributed by atoms with E-state index in [4.69, 9.17) is 0 Å². The molecule has 1 aliphatic carbocycles. The number of rotatable bonds is 3. The van der Waals surface area contributed by atoms with Crippen molar-refractivity contribution in [3.05, 3.63) is 34.6 Å². The van der Waals surface area contributed by atoms with Crippen LogP contribution in [0.1, 0.15) is 44.9 Å². The molecule has 1 aromatic carbocycles. The van der Waals surface area contributed by atoms with Crippen LogP contribution in [0.15, 0.2) is 28.7 Å². The Kier molecular flexibility index (Phi) is 4.24. The van der Waals surface area contributed by atoms with Gasteiger partial charge in [0, 0.05) is 11.4 Å². The minimum Gasteiger partial charge on any atom is -0.344 e. The van der Waals surface area contributed by atoms with Gasteiger partial charge in [-0.3, -0.25) is 4.79 Å². The molecule has 0 atom stereocenters. The van der Waals surface area contributed by atoms with Crippen LogP contribution >= 0.6 is 15.9 Å². The summed E-state index contributed by atoms with van der Waals surface area (Å²) in [5, 5.41) is 15.3. The maximum atomic E-state index is 11.7. The number of hydrogen-bond acceptors (Lipinski definition) is 4. The van der Waals surface area contributed by atoms with Gasteiger partial charge in [-0.25, -0.2) is 0 Å². The van der Waals surface area contributed by atoms with Crippen LogP contribution in [0.25, 0.3) is 5.69 Å². The fraction of sp³-hybridized carbons (Fsp3) is 0.467. The zero-order chi connectivity index (χ0) is 15.6. The standard InChI is InChI=1S/C15H18BrN5O/c1-11(22)17-15(9-3-2-4-10-15)14-18-19-20-21(14)13-7-5-12(16)6-8-13/h5-8H,2-4,9-10H2,1H3,(H,17,22). The van der Waals surface area contributed by atoms with E-state index < -0.39 is 5.54 Å². The highest BCUT2D eigenvalue weighted by Gasteiger charge is 2.39. The maximum Gasteiger partial charge on any atom is 0.217 e. The van der Waals surface area contributed by atoms with Crippen LogP contribution in [0.2, 0.25) is 0 Å². The number of aromatic nitrogens is 4. The summed E-state index contributed by atoms with van der Waals surface area (Å²) >= 11 is 3.43. The molecule has 7 heteroatoms. The number of nitrogens with one attached hydrogen (secondary N) is 1. The van der Waals surface area contributed by atoms with E-state index >= 15 is 0 Å². The second-order valence-electron chi connectivity index (χ2n) is 5.71. The zero-order valence-electron chi connectivity index (χ0n) is 12.4. The van der Waals surface area contributed by atoms with Crippen LogP contribution in [-0.4, -0.2) is 26.1 Å². The third kappa shape index (κ3) is 2.90. The molecular weight excluding hydrogens is 346 g/mol. The molecule has 0 saturated heterocycles. The number of halogens is 1. The number of carbonyl (C=O) groups excluding carboxylic acids is 1. The van der Waals surface area contributed by atoms with E-state index in [1.54, 1.807) is 11.6 Å². The van der Waals surface area contributed by atoms with E-state index in [-0.39, 0.29) is 5.91 Å². The molecule has 1 saturated carbocycles. The number of benzene rings is 1. The fourth-order valence-corrected chi connectivity index (χ4v) is 3.40. The molecule has 2 aromatic rings. The van der Waals surface area contributed by atoms with Gasteiger partial charge in [-0.1, -0.05) is 35.2 Å². The summed E-state index contributed by atoms with van der Waals surface area (Å²) in [5.41, 5.74) is 0.416. The van der Waals surface area contributed by atoms with E-state index in [1.807, 2.05) is 24.3 Å².